The summed E-state index contributed by atoms with van der Waals surface area (Å²) in [6.07, 6.45) is 2.06. The highest BCUT2D eigenvalue weighted by molar-refractivity contribution is 6.02. The molecule has 0 saturated carbocycles. The summed E-state index contributed by atoms with van der Waals surface area (Å²) >= 11 is 0. The van der Waals surface area contributed by atoms with E-state index in [0.29, 0.717) is 5.92 Å². The monoisotopic (exact) mass is 198 g/mol. The van der Waals surface area contributed by atoms with Crippen molar-refractivity contribution in [2.75, 3.05) is 6.54 Å². The van der Waals surface area contributed by atoms with Gasteiger partial charge in [0.25, 0.3) is 0 Å². The van der Waals surface area contributed by atoms with Crippen molar-refractivity contribution in [2.24, 2.45) is 5.92 Å². The third-order valence-corrected chi connectivity index (χ3v) is 2.79. The van der Waals surface area contributed by atoms with Crippen LogP contribution in [0.1, 0.15) is 33.6 Å². The molecule has 4 heteroatoms. The molecule has 1 N–H and O–H groups in total. The number of amides is 3. The summed E-state index contributed by atoms with van der Waals surface area (Å²) in [6.45, 7) is 6.50. The van der Waals surface area contributed by atoms with Crippen molar-refractivity contribution in [3.8, 4) is 0 Å². The number of hydrogen-bond acceptors (Lipinski definition) is 2. The predicted octanol–water partition coefficient (Wildman–Crippen LogP) is 1.36. The molecule has 1 aliphatic rings. The average molecular weight is 198 g/mol. The van der Waals surface area contributed by atoms with Crippen LogP contribution in [0.15, 0.2) is 0 Å². The van der Waals surface area contributed by atoms with Crippen LogP contribution in [0.2, 0.25) is 0 Å². The Kier molecular flexibility index (Phi) is 3.49. The summed E-state index contributed by atoms with van der Waals surface area (Å²) in [5, 5.41) is 2.29. The van der Waals surface area contributed by atoms with Crippen molar-refractivity contribution in [3.05, 3.63) is 0 Å². The maximum Gasteiger partial charge on any atom is 0.324 e. The summed E-state index contributed by atoms with van der Waals surface area (Å²) in [7, 11) is 0. The number of imide groups is 1. The fourth-order valence-electron chi connectivity index (χ4n) is 1.69. The lowest BCUT2D eigenvalue weighted by atomic mass is 10.00. The van der Waals surface area contributed by atoms with Crippen molar-refractivity contribution < 1.29 is 9.59 Å². The van der Waals surface area contributed by atoms with E-state index in [0.717, 1.165) is 12.8 Å². The Balaban J connectivity index is 2.48. The minimum Gasteiger partial charge on any atom is -0.312 e. The lowest BCUT2D eigenvalue weighted by Crippen LogP contribution is -2.36. The van der Waals surface area contributed by atoms with Crippen molar-refractivity contribution in [1.29, 1.82) is 0 Å². The van der Waals surface area contributed by atoms with Crippen molar-refractivity contribution in [2.45, 2.75) is 39.7 Å². The number of urea groups is 1. The average Bonchev–Trinajstić information content (AvgIpc) is 2.45. The zero-order valence-corrected chi connectivity index (χ0v) is 9.04. The molecule has 1 rings (SSSR count). The fraction of sp³-hybridized carbons (Fsp3) is 0.800. The molecule has 0 aromatic heterocycles. The van der Waals surface area contributed by atoms with Gasteiger partial charge in [-0.3, -0.25) is 10.1 Å². The van der Waals surface area contributed by atoms with Gasteiger partial charge in [-0.25, -0.2) is 4.79 Å². The van der Waals surface area contributed by atoms with E-state index in [9.17, 15) is 9.59 Å². The Labute approximate surface area is 84.7 Å². The molecule has 80 valence electrons. The van der Waals surface area contributed by atoms with E-state index >= 15 is 0 Å². The maximum absolute atomic E-state index is 11.3. The largest absolute Gasteiger partial charge is 0.324 e. The van der Waals surface area contributed by atoms with Gasteiger partial charge in [-0.1, -0.05) is 20.3 Å². The number of hydrogen-bond donors (Lipinski definition) is 1. The van der Waals surface area contributed by atoms with E-state index in [1.807, 2.05) is 6.92 Å². The highest BCUT2D eigenvalue weighted by Gasteiger charge is 2.30. The van der Waals surface area contributed by atoms with E-state index < -0.39 is 0 Å². The molecular weight excluding hydrogens is 180 g/mol. The second kappa shape index (κ2) is 4.44. The summed E-state index contributed by atoms with van der Waals surface area (Å²) in [5.74, 6) is 0.402. The van der Waals surface area contributed by atoms with Gasteiger partial charge in [0, 0.05) is 6.04 Å². The standard InChI is InChI=1S/C10H18N2O2/c1-4-7(2)5-8(3)12-6-9(13)11-10(12)14/h7-8H,4-6H2,1-3H3,(H,11,13,14). The second-order valence-electron chi connectivity index (χ2n) is 4.08. The van der Waals surface area contributed by atoms with Crippen LogP contribution in [0, 0.1) is 5.92 Å². The van der Waals surface area contributed by atoms with Crippen molar-refractivity contribution in [3.63, 3.8) is 0 Å². The zero-order chi connectivity index (χ0) is 10.7. The van der Waals surface area contributed by atoms with E-state index in [1.54, 1.807) is 4.90 Å². The predicted molar refractivity (Wildman–Crippen MR) is 53.8 cm³/mol. The van der Waals surface area contributed by atoms with Crippen LogP contribution in [0.4, 0.5) is 4.79 Å². The van der Waals surface area contributed by atoms with Gasteiger partial charge in [-0.05, 0) is 19.3 Å². The number of nitrogens with zero attached hydrogens (tertiary/aromatic N) is 1. The third-order valence-electron chi connectivity index (χ3n) is 2.79. The summed E-state index contributed by atoms with van der Waals surface area (Å²) < 4.78 is 0. The van der Waals surface area contributed by atoms with Gasteiger partial charge < -0.3 is 4.90 Å². The molecule has 1 aliphatic heterocycles. The topological polar surface area (TPSA) is 49.4 Å². The number of carbonyl (C=O) groups excluding carboxylic acids is 2. The molecular formula is C10H18N2O2. The second-order valence-corrected chi connectivity index (χ2v) is 4.08. The highest BCUT2D eigenvalue weighted by Crippen LogP contribution is 2.16. The van der Waals surface area contributed by atoms with Gasteiger partial charge in [-0.2, -0.15) is 0 Å². The number of carbonyl (C=O) groups is 2. The number of nitrogens with one attached hydrogen (secondary N) is 1. The van der Waals surface area contributed by atoms with Crippen LogP contribution in [0.3, 0.4) is 0 Å². The van der Waals surface area contributed by atoms with Crippen LogP contribution in [0.25, 0.3) is 0 Å². The molecule has 3 amide bonds. The molecule has 0 aromatic carbocycles. The Bertz CT molecular complexity index is 240. The summed E-state index contributed by atoms with van der Waals surface area (Å²) in [5.41, 5.74) is 0. The normalized spacial score (nSPS) is 20.9. The van der Waals surface area contributed by atoms with Gasteiger partial charge in [0.1, 0.15) is 6.54 Å². The first-order chi connectivity index (χ1) is 6.54. The van der Waals surface area contributed by atoms with Crippen LogP contribution in [-0.4, -0.2) is 29.4 Å². The molecule has 1 heterocycles. The van der Waals surface area contributed by atoms with Gasteiger partial charge in [-0.15, -0.1) is 0 Å². The minimum absolute atomic E-state index is 0.149. The van der Waals surface area contributed by atoms with Gasteiger partial charge >= 0.3 is 6.03 Å². The lowest BCUT2D eigenvalue weighted by molar-refractivity contribution is -0.118. The third kappa shape index (κ3) is 2.47. The number of rotatable bonds is 4. The first-order valence-corrected chi connectivity index (χ1v) is 5.15. The zero-order valence-electron chi connectivity index (χ0n) is 9.04. The van der Waals surface area contributed by atoms with E-state index in [4.69, 9.17) is 0 Å². The fourth-order valence-corrected chi connectivity index (χ4v) is 1.69. The SMILES string of the molecule is CCC(C)CC(C)N1CC(=O)NC1=O. The smallest absolute Gasteiger partial charge is 0.312 e. The molecule has 1 saturated heterocycles. The molecule has 0 spiro atoms. The summed E-state index contributed by atoms with van der Waals surface area (Å²) in [6, 6.07) is -0.0952. The highest BCUT2D eigenvalue weighted by atomic mass is 16.2. The van der Waals surface area contributed by atoms with Crippen molar-refractivity contribution >= 4 is 11.9 Å². The molecule has 0 radical (unpaired) electrons. The van der Waals surface area contributed by atoms with Crippen LogP contribution in [0.5, 0.6) is 0 Å². The van der Waals surface area contributed by atoms with Gasteiger partial charge in [0.05, 0.1) is 0 Å². The Morgan fingerprint density at radius 2 is 2.07 bits per heavy atom. The molecule has 2 unspecified atom stereocenters. The van der Waals surface area contributed by atoms with Gasteiger partial charge in [0.15, 0.2) is 0 Å². The van der Waals surface area contributed by atoms with Crippen LogP contribution in [-0.2, 0) is 4.79 Å². The Morgan fingerprint density at radius 1 is 1.43 bits per heavy atom. The molecule has 1 fully saturated rings. The minimum atomic E-state index is -0.245. The molecule has 0 aromatic rings. The maximum atomic E-state index is 11.3. The molecule has 0 aliphatic carbocycles. The lowest BCUT2D eigenvalue weighted by Gasteiger charge is -2.24. The van der Waals surface area contributed by atoms with Gasteiger partial charge in [0.2, 0.25) is 5.91 Å². The van der Waals surface area contributed by atoms with E-state index in [2.05, 4.69) is 19.2 Å². The Morgan fingerprint density at radius 3 is 2.50 bits per heavy atom. The Hall–Kier alpha value is -1.06. The first kappa shape index (κ1) is 11.0. The van der Waals surface area contributed by atoms with E-state index in [1.165, 1.54) is 0 Å². The first-order valence-electron chi connectivity index (χ1n) is 5.15. The molecule has 4 nitrogen and oxygen atoms in total. The van der Waals surface area contributed by atoms with Crippen molar-refractivity contribution in [1.82, 2.24) is 10.2 Å². The van der Waals surface area contributed by atoms with Crippen LogP contribution < -0.4 is 5.32 Å². The molecule has 0 bridgehead atoms. The van der Waals surface area contributed by atoms with Crippen LogP contribution >= 0.6 is 0 Å². The molecule has 14 heavy (non-hydrogen) atoms. The quantitative estimate of drug-likeness (QED) is 0.693. The molecule has 2 atom stereocenters. The van der Waals surface area contributed by atoms with E-state index in [-0.39, 0.29) is 24.5 Å². The summed E-state index contributed by atoms with van der Waals surface area (Å²) in [4.78, 5) is 23.8.